The van der Waals surface area contributed by atoms with E-state index in [4.69, 9.17) is 4.74 Å². The molecule has 9 heteroatoms. The molecule has 33 heavy (non-hydrogen) atoms. The van der Waals surface area contributed by atoms with Crippen molar-refractivity contribution in [3.05, 3.63) is 84.4 Å². The third-order valence-electron chi connectivity index (χ3n) is 5.84. The van der Waals surface area contributed by atoms with Gasteiger partial charge in [-0.25, -0.2) is 17.5 Å². The third kappa shape index (κ3) is 5.50. The van der Waals surface area contributed by atoms with Crippen molar-refractivity contribution < 1.29 is 17.5 Å². The third-order valence-corrected chi connectivity index (χ3v) is 7.28. The van der Waals surface area contributed by atoms with E-state index < -0.39 is 15.8 Å². The second-order valence-electron chi connectivity index (χ2n) is 7.80. The van der Waals surface area contributed by atoms with Gasteiger partial charge in [-0.1, -0.05) is 18.2 Å². The average molecular weight is 471 g/mol. The van der Waals surface area contributed by atoms with Crippen LogP contribution in [0.1, 0.15) is 11.6 Å². The molecule has 2 aromatic carbocycles. The van der Waals surface area contributed by atoms with Crippen LogP contribution in [0.2, 0.25) is 0 Å². The maximum absolute atomic E-state index is 13.2. The van der Waals surface area contributed by atoms with Gasteiger partial charge in [0.15, 0.2) is 0 Å². The minimum atomic E-state index is -3.77. The van der Waals surface area contributed by atoms with E-state index in [9.17, 15) is 12.8 Å². The van der Waals surface area contributed by atoms with E-state index in [1.165, 1.54) is 12.1 Å². The standard InChI is InChI=1S/C24H27FN4O3S/c1-32-24-7-3-2-6-22(24)28-13-15-29(16-14-28)23(19-5-4-12-26-17-19)18-27-33(30,31)21-10-8-20(25)9-11-21/h2-12,17,23,27H,13-16,18H2,1H3/t23-/m0/s1. The molecule has 0 saturated carbocycles. The zero-order valence-electron chi connectivity index (χ0n) is 18.4. The van der Waals surface area contributed by atoms with E-state index in [0.29, 0.717) is 0 Å². The topological polar surface area (TPSA) is 74.8 Å². The fraction of sp³-hybridized carbons (Fsp3) is 0.292. The molecule has 174 valence electrons. The second kappa shape index (κ2) is 10.3. The molecule has 1 atom stereocenters. The number of anilines is 1. The Balaban J connectivity index is 1.48. The highest BCUT2D eigenvalue weighted by Gasteiger charge is 2.28. The molecule has 7 nitrogen and oxygen atoms in total. The van der Waals surface area contributed by atoms with Gasteiger partial charge >= 0.3 is 0 Å². The van der Waals surface area contributed by atoms with Crippen molar-refractivity contribution in [2.45, 2.75) is 10.9 Å². The molecule has 0 spiro atoms. The summed E-state index contributed by atoms with van der Waals surface area (Å²) in [5.41, 5.74) is 1.99. The normalized spacial score (nSPS) is 15.9. The molecule has 4 rings (SSSR count). The Morgan fingerprint density at radius 1 is 1.03 bits per heavy atom. The van der Waals surface area contributed by atoms with E-state index in [1.807, 2.05) is 36.4 Å². The van der Waals surface area contributed by atoms with Crippen molar-refractivity contribution in [3.63, 3.8) is 0 Å². The first-order chi connectivity index (χ1) is 16.0. The summed E-state index contributed by atoms with van der Waals surface area (Å²) >= 11 is 0. The zero-order valence-corrected chi connectivity index (χ0v) is 19.2. The van der Waals surface area contributed by atoms with Crippen molar-refractivity contribution in [1.29, 1.82) is 0 Å². The number of ether oxygens (including phenoxy) is 1. The number of aromatic nitrogens is 1. The van der Waals surface area contributed by atoms with E-state index in [-0.39, 0.29) is 17.5 Å². The lowest BCUT2D eigenvalue weighted by atomic mass is 10.1. The number of benzene rings is 2. The Labute approximate surface area is 193 Å². The van der Waals surface area contributed by atoms with Crippen molar-refractivity contribution in [3.8, 4) is 5.75 Å². The van der Waals surface area contributed by atoms with Crippen LogP contribution in [0.4, 0.5) is 10.1 Å². The van der Waals surface area contributed by atoms with Crippen LogP contribution in [0.15, 0.2) is 78.0 Å². The van der Waals surface area contributed by atoms with Gasteiger partial charge in [0.05, 0.1) is 23.7 Å². The SMILES string of the molecule is COc1ccccc1N1CCN([C@@H](CNS(=O)(=O)c2ccc(F)cc2)c2cccnc2)CC1. The number of rotatable bonds is 8. The first-order valence-corrected chi connectivity index (χ1v) is 12.2. The second-order valence-corrected chi connectivity index (χ2v) is 9.57. The van der Waals surface area contributed by atoms with Crippen LogP contribution in [0.5, 0.6) is 5.75 Å². The lowest BCUT2D eigenvalue weighted by Crippen LogP contribution is -2.50. The molecule has 0 radical (unpaired) electrons. The summed E-state index contributed by atoms with van der Waals surface area (Å²) in [7, 11) is -2.10. The number of nitrogens with one attached hydrogen (secondary N) is 1. The van der Waals surface area contributed by atoms with Gasteiger partial charge in [0.25, 0.3) is 0 Å². The maximum Gasteiger partial charge on any atom is 0.240 e. The van der Waals surface area contributed by atoms with Crippen molar-refractivity contribution in [2.75, 3.05) is 44.7 Å². The number of hydrogen-bond acceptors (Lipinski definition) is 6. The molecule has 0 amide bonds. The van der Waals surface area contributed by atoms with E-state index in [0.717, 1.165) is 55.3 Å². The van der Waals surface area contributed by atoms with Crippen LogP contribution in [0, 0.1) is 5.82 Å². The highest BCUT2D eigenvalue weighted by Crippen LogP contribution is 2.30. The number of hydrogen-bond donors (Lipinski definition) is 1. The molecule has 1 aliphatic rings. The number of halogens is 1. The van der Waals surface area contributed by atoms with Crippen LogP contribution < -0.4 is 14.4 Å². The Morgan fingerprint density at radius 3 is 2.42 bits per heavy atom. The van der Waals surface area contributed by atoms with Crippen LogP contribution in [0.25, 0.3) is 0 Å². The van der Waals surface area contributed by atoms with Crippen molar-refractivity contribution in [2.24, 2.45) is 0 Å². The van der Waals surface area contributed by atoms with Gasteiger partial charge < -0.3 is 9.64 Å². The van der Waals surface area contributed by atoms with Gasteiger partial charge in [-0.05, 0) is 48.0 Å². The Kier molecular flexibility index (Phi) is 7.22. The van der Waals surface area contributed by atoms with Crippen molar-refractivity contribution in [1.82, 2.24) is 14.6 Å². The van der Waals surface area contributed by atoms with Gasteiger partial charge in [0.2, 0.25) is 10.0 Å². The van der Waals surface area contributed by atoms with Gasteiger partial charge in [0.1, 0.15) is 11.6 Å². The number of methoxy groups -OCH3 is 1. The van der Waals surface area contributed by atoms with Gasteiger partial charge in [-0.15, -0.1) is 0 Å². The summed E-state index contributed by atoms with van der Waals surface area (Å²) in [5, 5.41) is 0. The highest BCUT2D eigenvalue weighted by atomic mass is 32.2. The molecular formula is C24H27FN4O3S. The van der Waals surface area contributed by atoms with Crippen molar-refractivity contribution >= 4 is 15.7 Å². The van der Waals surface area contributed by atoms with E-state index in [1.54, 1.807) is 19.5 Å². The Hall–Kier alpha value is -3.01. The summed E-state index contributed by atoms with van der Waals surface area (Å²) < 4.78 is 47.0. The number of piperazine rings is 1. The fourth-order valence-corrected chi connectivity index (χ4v) is 5.12. The lowest BCUT2D eigenvalue weighted by molar-refractivity contribution is 0.186. The predicted molar refractivity (Wildman–Crippen MR) is 125 cm³/mol. The summed E-state index contributed by atoms with van der Waals surface area (Å²) in [6.45, 7) is 3.23. The van der Waals surface area contributed by atoms with Gasteiger partial charge in [0, 0.05) is 45.1 Å². The van der Waals surface area contributed by atoms with E-state index in [2.05, 4.69) is 19.5 Å². The molecule has 0 bridgehead atoms. The molecule has 0 unspecified atom stereocenters. The van der Waals surface area contributed by atoms with Crippen LogP contribution in [-0.2, 0) is 10.0 Å². The largest absolute Gasteiger partial charge is 0.495 e. The average Bonchev–Trinajstić information content (AvgIpc) is 2.85. The molecule has 1 saturated heterocycles. The minimum absolute atomic E-state index is 0.0369. The zero-order chi connectivity index (χ0) is 23.3. The first kappa shape index (κ1) is 23.2. The number of pyridine rings is 1. The Morgan fingerprint density at radius 2 is 1.76 bits per heavy atom. The summed E-state index contributed by atoms with van der Waals surface area (Å²) in [6.07, 6.45) is 3.46. The summed E-state index contributed by atoms with van der Waals surface area (Å²) in [4.78, 5) is 8.80. The maximum atomic E-state index is 13.2. The Bertz CT molecular complexity index is 1150. The molecular weight excluding hydrogens is 443 g/mol. The van der Waals surface area contributed by atoms with Crippen LogP contribution in [0.3, 0.4) is 0 Å². The quantitative estimate of drug-likeness (QED) is 0.546. The lowest BCUT2D eigenvalue weighted by Gasteiger charge is -2.40. The summed E-state index contributed by atoms with van der Waals surface area (Å²) in [6, 6.07) is 16.4. The molecule has 1 fully saturated rings. The van der Waals surface area contributed by atoms with Crippen LogP contribution in [-0.4, -0.2) is 58.1 Å². The van der Waals surface area contributed by atoms with E-state index >= 15 is 0 Å². The predicted octanol–water partition coefficient (Wildman–Crippen LogP) is 3.07. The number of sulfonamides is 1. The highest BCUT2D eigenvalue weighted by molar-refractivity contribution is 7.89. The smallest absolute Gasteiger partial charge is 0.240 e. The number of nitrogens with zero attached hydrogens (tertiary/aromatic N) is 3. The molecule has 3 aromatic rings. The molecule has 0 aliphatic carbocycles. The van der Waals surface area contributed by atoms with Crippen LogP contribution >= 0.6 is 0 Å². The molecule has 1 aromatic heterocycles. The minimum Gasteiger partial charge on any atom is -0.495 e. The number of para-hydroxylation sites is 2. The van der Waals surface area contributed by atoms with Gasteiger partial charge in [-0.3, -0.25) is 9.88 Å². The molecule has 1 N–H and O–H groups in total. The monoisotopic (exact) mass is 470 g/mol. The van der Waals surface area contributed by atoms with Gasteiger partial charge in [-0.2, -0.15) is 0 Å². The fourth-order valence-electron chi connectivity index (χ4n) is 4.08. The first-order valence-electron chi connectivity index (χ1n) is 10.7. The molecule has 2 heterocycles. The molecule has 1 aliphatic heterocycles. The summed E-state index contributed by atoms with van der Waals surface area (Å²) in [5.74, 6) is 0.358.